The van der Waals surface area contributed by atoms with Crippen LogP contribution in [0.25, 0.3) is 0 Å². The fraction of sp³-hybridized carbons (Fsp3) is 0.381. The number of carbonyl (C=O) groups excluding carboxylic acids is 1. The number of nitrogens with zero attached hydrogens (tertiary/aromatic N) is 1. The van der Waals surface area contributed by atoms with Gasteiger partial charge >= 0.3 is 0 Å². The molecule has 0 atom stereocenters. The lowest BCUT2D eigenvalue weighted by atomic mass is 10.2. The first kappa shape index (κ1) is 22.9. The number of carbonyl (C=O) groups is 1. The summed E-state index contributed by atoms with van der Waals surface area (Å²) in [6.45, 7) is 1.49. The zero-order valence-electron chi connectivity index (χ0n) is 16.8. The van der Waals surface area contributed by atoms with Gasteiger partial charge in [-0.05, 0) is 48.7 Å². The van der Waals surface area contributed by atoms with Crippen molar-refractivity contribution in [2.24, 2.45) is 0 Å². The number of amides is 1. The quantitative estimate of drug-likeness (QED) is 0.566. The molecule has 0 aliphatic carbocycles. The molecule has 1 N–H and O–H groups in total. The molecule has 2 aromatic rings. The van der Waals surface area contributed by atoms with Crippen molar-refractivity contribution in [3.05, 3.63) is 58.6 Å². The van der Waals surface area contributed by atoms with Gasteiger partial charge in [-0.2, -0.15) is 16.1 Å². The summed E-state index contributed by atoms with van der Waals surface area (Å²) in [6.07, 6.45) is 1.72. The van der Waals surface area contributed by atoms with E-state index in [-0.39, 0.29) is 16.4 Å². The first-order valence-electron chi connectivity index (χ1n) is 9.70. The number of hydrogen-bond donors (Lipinski definition) is 1. The third kappa shape index (κ3) is 5.69. The average molecular weight is 469 g/mol. The monoisotopic (exact) mass is 468 g/mol. The molecule has 0 unspecified atom stereocenters. The normalized spacial score (nSPS) is 14.6. The molecule has 2 aromatic carbocycles. The zero-order valence-corrected chi connectivity index (χ0v) is 19.2. The molecular weight excluding hydrogens is 444 g/mol. The van der Waals surface area contributed by atoms with E-state index in [1.165, 1.54) is 29.6 Å². The Morgan fingerprint density at radius 2 is 1.87 bits per heavy atom. The molecule has 1 aliphatic heterocycles. The van der Waals surface area contributed by atoms with Crippen molar-refractivity contribution in [2.75, 3.05) is 32.5 Å². The molecule has 0 saturated carbocycles. The van der Waals surface area contributed by atoms with Crippen molar-refractivity contribution in [2.45, 2.75) is 23.5 Å². The number of benzene rings is 2. The maximum Gasteiger partial charge on any atom is 0.255 e. The summed E-state index contributed by atoms with van der Waals surface area (Å²) < 4.78 is 32.3. The van der Waals surface area contributed by atoms with E-state index in [9.17, 15) is 13.2 Å². The minimum atomic E-state index is -3.60. The fourth-order valence-electron chi connectivity index (χ4n) is 3.21. The van der Waals surface area contributed by atoms with Gasteiger partial charge in [0.2, 0.25) is 10.0 Å². The summed E-state index contributed by atoms with van der Waals surface area (Å²) in [5.41, 5.74) is 1.39. The van der Waals surface area contributed by atoms with Crippen LogP contribution in [0.5, 0.6) is 5.75 Å². The van der Waals surface area contributed by atoms with E-state index < -0.39 is 10.0 Å². The van der Waals surface area contributed by atoms with E-state index in [4.69, 9.17) is 16.3 Å². The molecule has 1 saturated heterocycles. The molecular formula is C21H25ClN2O4S2. The zero-order chi connectivity index (χ0) is 21.6. The van der Waals surface area contributed by atoms with E-state index in [2.05, 4.69) is 5.32 Å². The van der Waals surface area contributed by atoms with Crippen LogP contribution in [0.4, 0.5) is 0 Å². The second-order valence-corrected chi connectivity index (χ2v) is 10.4. The van der Waals surface area contributed by atoms with Crippen molar-refractivity contribution < 1.29 is 17.9 Å². The molecule has 9 heteroatoms. The minimum absolute atomic E-state index is 0.118. The Labute approximate surface area is 187 Å². The molecule has 0 bridgehead atoms. The van der Waals surface area contributed by atoms with E-state index in [1.807, 2.05) is 24.3 Å². The second-order valence-electron chi connectivity index (χ2n) is 6.91. The van der Waals surface area contributed by atoms with Gasteiger partial charge < -0.3 is 10.1 Å². The van der Waals surface area contributed by atoms with E-state index >= 15 is 0 Å². The molecule has 6 nitrogen and oxygen atoms in total. The van der Waals surface area contributed by atoms with E-state index in [1.54, 1.807) is 11.8 Å². The lowest BCUT2D eigenvalue weighted by Gasteiger charge is -2.17. The van der Waals surface area contributed by atoms with Gasteiger partial charge in [0.1, 0.15) is 5.75 Å². The Balaban J connectivity index is 1.59. The molecule has 0 spiro atoms. The molecule has 30 heavy (non-hydrogen) atoms. The first-order chi connectivity index (χ1) is 14.4. The largest absolute Gasteiger partial charge is 0.496 e. The number of halogens is 1. The van der Waals surface area contributed by atoms with Gasteiger partial charge in [0.05, 0.1) is 17.6 Å². The maximum atomic E-state index is 12.8. The van der Waals surface area contributed by atoms with Crippen molar-refractivity contribution in [3.63, 3.8) is 0 Å². The number of ether oxygens (including phenoxy) is 1. The van der Waals surface area contributed by atoms with Gasteiger partial charge in [-0.3, -0.25) is 4.79 Å². The lowest BCUT2D eigenvalue weighted by Crippen LogP contribution is -2.29. The maximum absolute atomic E-state index is 12.8. The molecule has 1 amide bonds. The van der Waals surface area contributed by atoms with Gasteiger partial charge in [-0.25, -0.2) is 8.42 Å². The van der Waals surface area contributed by atoms with Crippen LogP contribution in [0.3, 0.4) is 0 Å². The summed E-state index contributed by atoms with van der Waals surface area (Å²) >= 11 is 7.58. The predicted octanol–water partition coefficient (Wildman–Crippen LogP) is 3.80. The van der Waals surface area contributed by atoms with Crippen LogP contribution in [0, 0.1) is 0 Å². The highest BCUT2D eigenvalue weighted by Crippen LogP contribution is 2.26. The van der Waals surface area contributed by atoms with Crippen LogP contribution in [0.1, 0.15) is 28.8 Å². The van der Waals surface area contributed by atoms with Crippen molar-refractivity contribution >= 4 is 39.3 Å². The smallest absolute Gasteiger partial charge is 0.255 e. The van der Waals surface area contributed by atoms with Gasteiger partial charge in [-0.1, -0.05) is 23.7 Å². The number of thioether (sulfide) groups is 1. The van der Waals surface area contributed by atoms with Crippen molar-refractivity contribution in [3.8, 4) is 5.75 Å². The summed E-state index contributed by atoms with van der Waals surface area (Å²) in [5.74, 6) is 1.54. The van der Waals surface area contributed by atoms with E-state index in [0.29, 0.717) is 30.4 Å². The Kier molecular flexibility index (Phi) is 8.05. The first-order valence-corrected chi connectivity index (χ1v) is 12.7. The van der Waals surface area contributed by atoms with Crippen LogP contribution < -0.4 is 10.1 Å². The summed E-state index contributed by atoms with van der Waals surface area (Å²) in [7, 11) is -2.14. The average Bonchev–Trinajstić information content (AvgIpc) is 3.30. The molecule has 1 heterocycles. The number of sulfonamides is 1. The Bertz CT molecular complexity index is 975. The number of hydrogen-bond acceptors (Lipinski definition) is 5. The number of nitrogens with one attached hydrogen (secondary N) is 1. The number of methoxy groups -OCH3 is 1. The van der Waals surface area contributed by atoms with Crippen LogP contribution in [-0.2, 0) is 15.8 Å². The van der Waals surface area contributed by atoms with Gasteiger partial charge in [0.25, 0.3) is 5.91 Å². The predicted molar refractivity (Wildman–Crippen MR) is 121 cm³/mol. The minimum Gasteiger partial charge on any atom is -0.496 e. The Hall–Kier alpha value is -1.74. The third-order valence-electron chi connectivity index (χ3n) is 4.83. The highest BCUT2D eigenvalue weighted by Gasteiger charge is 2.28. The third-order valence-corrected chi connectivity index (χ3v) is 8.01. The highest BCUT2D eigenvalue weighted by molar-refractivity contribution is 7.98. The number of rotatable bonds is 9. The summed E-state index contributed by atoms with van der Waals surface area (Å²) in [5, 5.41) is 3.56. The van der Waals surface area contributed by atoms with Gasteiger partial charge in [0, 0.05) is 36.2 Å². The van der Waals surface area contributed by atoms with E-state index in [0.717, 1.165) is 29.9 Å². The molecule has 1 aliphatic rings. The lowest BCUT2D eigenvalue weighted by molar-refractivity contribution is 0.0953. The van der Waals surface area contributed by atoms with Crippen LogP contribution in [-0.4, -0.2) is 51.1 Å². The second kappa shape index (κ2) is 10.5. The molecule has 3 rings (SSSR count). The van der Waals surface area contributed by atoms with Crippen LogP contribution in [0.2, 0.25) is 5.02 Å². The Morgan fingerprint density at radius 3 is 2.53 bits per heavy atom. The molecule has 0 radical (unpaired) electrons. The fourth-order valence-corrected chi connectivity index (χ4v) is 5.69. The van der Waals surface area contributed by atoms with Crippen LogP contribution in [0.15, 0.2) is 47.4 Å². The van der Waals surface area contributed by atoms with Crippen LogP contribution >= 0.6 is 23.4 Å². The topological polar surface area (TPSA) is 75.7 Å². The molecule has 0 aromatic heterocycles. The molecule has 1 fully saturated rings. The summed E-state index contributed by atoms with van der Waals surface area (Å²) in [4.78, 5) is 12.8. The van der Waals surface area contributed by atoms with Crippen molar-refractivity contribution in [1.82, 2.24) is 9.62 Å². The summed E-state index contributed by atoms with van der Waals surface area (Å²) in [6, 6.07) is 12.1. The standard InChI is InChI=1S/C21H25ClN2O4S2/c1-28-20-9-8-18(30(26,27)24-11-2-3-12-24)14-19(20)21(25)23-10-13-29-15-16-4-6-17(22)7-5-16/h4-9,14H,2-3,10-13,15H2,1H3,(H,23,25). The molecule has 162 valence electrons. The SMILES string of the molecule is COc1ccc(S(=O)(=O)N2CCCC2)cc1C(=O)NCCSCc1ccc(Cl)cc1. The van der Waals surface area contributed by atoms with Gasteiger partial charge in [0.15, 0.2) is 0 Å². The van der Waals surface area contributed by atoms with Crippen molar-refractivity contribution in [1.29, 1.82) is 0 Å². The Morgan fingerprint density at radius 1 is 1.17 bits per heavy atom. The highest BCUT2D eigenvalue weighted by atomic mass is 35.5. The van der Waals surface area contributed by atoms with Gasteiger partial charge in [-0.15, -0.1) is 0 Å².